The van der Waals surface area contributed by atoms with Gasteiger partial charge in [0, 0.05) is 0 Å². The number of amides is 1. The number of anilines is 1. The molecule has 3 rings (SSSR count). The molecule has 0 bridgehead atoms. The van der Waals surface area contributed by atoms with Crippen LogP contribution in [0.3, 0.4) is 0 Å². The summed E-state index contributed by atoms with van der Waals surface area (Å²) in [5.41, 5.74) is 4.83. The summed E-state index contributed by atoms with van der Waals surface area (Å²) in [7, 11) is -3.81. The van der Waals surface area contributed by atoms with Gasteiger partial charge < -0.3 is 5.32 Å². The number of sulfonamides is 1. The van der Waals surface area contributed by atoms with Crippen molar-refractivity contribution in [2.45, 2.75) is 45.1 Å². The van der Waals surface area contributed by atoms with E-state index in [1.54, 1.807) is 48.5 Å². The Balaban J connectivity index is 1.86. The molecule has 2 N–H and O–H groups in total. The second-order valence-corrected chi connectivity index (χ2v) is 9.44. The lowest BCUT2D eigenvalue weighted by atomic mass is 9.97. The van der Waals surface area contributed by atoms with Gasteiger partial charge in [-0.25, -0.2) is 8.42 Å². The topological polar surface area (TPSA) is 75.3 Å². The molecule has 0 fully saturated rings. The van der Waals surface area contributed by atoms with Crippen LogP contribution in [-0.4, -0.2) is 14.3 Å². The molecular weight excluding hydrogens is 408 g/mol. The predicted molar refractivity (Wildman–Crippen MR) is 125 cm³/mol. The van der Waals surface area contributed by atoms with Crippen molar-refractivity contribution in [1.29, 1.82) is 0 Å². The van der Waals surface area contributed by atoms with Gasteiger partial charge in [-0.15, -0.1) is 0 Å². The molecule has 0 unspecified atom stereocenters. The van der Waals surface area contributed by atoms with Crippen molar-refractivity contribution in [3.8, 4) is 0 Å². The Morgan fingerprint density at radius 3 is 2.19 bits per heavy atom. The molecule has 0 heterocycles. The zero-order chi connectivity index (χ0) is 22.6. The maximum atomic E-state index is 13.1. The van der Waals surface area contributed by atoms with Crippen molar-refractivity contribution in [3.05, 3.63) is 94.5 Å². The lowest BCUT2D eigenvalue weighted by molar-refractivity contribution is 0.0936. The highest BCUT2D eigenvalue weighted by Crippen LogP contribution is 2.25. The SMILES string of the molecule is CC[C@H](NC(=O)c1ccccc1NS(=O)(=O)c1ccc(C)cc1)c1ccc(C)cc1C. The Kier molecular flexibility index (Phi) is 6.81. The van der Waals surface area contributed by atoms with Gasteiger partial charge in [-0.2, -0.15) is 0 Å². The number of para-hydroxylation sites is 1. The molecule has 162 valence electrons. The monoisotopic (exact) mass is 436 g/mol. The maximum absolute atomic E-state index is 13.1. The fraction of sp³-hybridized carbons (Fsp3) is 0.240. The third kappa shape index (κ3) is 5.33. The van der Waals surface area contributed by atoms with Crippen molar-refractivity contribution in [2.24, 2.45) is 0 Å². The molecule has 3 aromatic carbocycles. The highest BCUT2D eigenvalue weighted by Gasteiger charge is 2.21. The molecule has 6 heteroatoms. The number of carbonyl (C=O) groups is 1. The molecule has 0 radical (unpaired) electrons. The first-order valence-electron chi connectivity index (χ1n) is 10.3. The van der Waals surface area contributed by atoms with Gasteiger partial charge in [0.25, 0.3) is 15.9 Å². The zero-order valence-corrected chi connectivity index (χ0v) is 19.1. The van der Waals surface area contributed by atoms with E-state index in [1.165, 1.54) is 5.56 Å². The van der Waals surface area contributed by atoms with E-state index in [2.05, 4.69) is 16.1 Å². The zero-order valence-electron chi connectivity index (χ0n) is 18.3. The third-order valence-corrected chi connectivity index (χ3v) is 6.64. The van der Waals surface area contributed by atoms with Crippen molar-refractivity contribution in [1.82, 2.24) is 5.32 Å². The Morgan fingerprint density at radius 2 is 1.55 bits per heavy atom. The molecule has 0 aliphatic rings. The lowest BCUT2D eigenvalue weighted by Gasteiger charge is -2.21. The lowest BCUT2D eigenvalue weighted by Crippen LogP contribution is -2.29. The van der Waals surface area contributed by atoms with Crippen LogP contribution in [0.2, 0.25) is 0 Å². The average molecular weight is 437 g/mol. The van der Waals surface area contributed by atoms with E-state index >= 15 is 0 Å². The second kappa shape index (κ2) is 9.35. The van der Waals surface area contributed by atoms with Crippen LogP contribution in [0.5, 0.6) is 0 Å². The van der Waals surface area contributed by atoms with Crippen LogP contribution < -0.4 is 10.0 Å². The van der Waals surface area contributed by atoms with E-state index in [0.717, 1.165) is 16.7 Å². The standard InChI is InChI=1S/C25H28N2O3S/c1-5-23(21-15-12-18(3)16-19(21)4)26-25(28)22-8-6-7-9-24(22)27-31(29,30)20-13-10-17(2)11-14-20/h6-16,23,27H,5H2,1-4H3,(H,26,28)/t23-/m0/s1. The Morgan fingerprint density at radius 1 is 0.903 bits per heavy atom. The summed E-state index contributed by atoms with van der Waals surface area (Å²) in [6, 6.07) is 19.2. The van der Waals surface area contributed by atoms with Crippen molar-refractivity contribution in [2.75, 3.05) is 4.72 Å². The van der Waals surface area contributed by atoms with E-state index < -0.39 is 10.0 Å². The molecule has 0 spiro atoms. The van der Waals surface area contributed by atoms with Crippen molar-refractivity contribution in [3.63, 3.8) is 0 Å². The number of nitrogens with one attached hydrogen (secondary N) is 2. The fourth-order valence-corrected chi connectivity index (χ4v) is 4.62. The van der Waals surface area contributed by atoms with Crippen LogP contribution in [0.4, 0.5) is 5.69 Å². The summed E-state index contributed by atoms with van der Waals surface area (Å²) in [5, 5.41) is 3.06. The van der Waals surface area contributed by atoms with Gasteiger partial charge in [0.05, 0.1) is 22.2 Å². The number of carbonyl (C=O) groups excluding carboxylic acids is 1. The fourth-order valence-electron chi connectivity index (χ4n) is 3.54. The van der Waals surface area contributed by atoms with E-state index in [9.17, 15) is 13.2 Å². The first-order valence-corrected chi connectivity index (χ1v) is 11.8. The molecular formula is C25H28N2O3S. The Hall–Kier alpha value is -3.12. The number of rotatable bonds is 7. The summed E-state index contributed by atoms with van der Waals surface area (Å²) in [6.07, 6.45) is 0.715. The van der Waals surface area contributed by atoms with Gasteiger partial charge in [-0.1, -0.05) is 60.5 Å². The van der Waals surface area contributed by atoms with Gasteiger partial charge in [0.2, 0.25) is 0 Å². The smallest absolute Gasteiger partial charge is 0.261 e. The first-order chi connectivity index (χ1) is 14.7. The van der Waals surface area contributed by atoms with E-state index in [1.807, 2.05) is 39.8 Å². The number of aryl methyl sites for hydroxylation is 3. The molecule has 3 aromatic rings. The van der Waals surface area contributed by atoms with E-state index in [4.69, 9.17) is 0 Å². The molecule has 0 saturated carbocycles. The highest BCUT2D eigenvalue weighted by atomic mass is 32.2. The summed E-state index contributed by atoms with van der Waals surface area (Å²) in [6.45, 7) is 7.97. The molecule has 0 aromatic heterocycles. The van der Waals surface area contributed by atoms with Crippen LogP contribution in [0.1, 0.15) is 52.0 Å². The maximum Gasteiger partial charge on any atom is 0.261 e. The van der Waals surface area contributed by atoms with Crippen LogP contribution >= 0.6 is 0 Å². The Labute approximate surface area is 184 Å². The largest absolute Gasteiger partial charge is 0.345 e. The molecule has 5 nitrogen and oxygen atoms in total. The summed E-state index contributed by atoms with van der Waals surface area (Å²) in [5.74, 6) is -0.325. The van der Waals surface area contributed by atoms with Crippen LogP contribution in [-0.2, 0) is 10.0 Å². The van der Waals surface area contributed by atoms with Crippen LogP contribution in [0.15, 0.2) is 71.6 Å². The predicted octanol–water partition coefficient (Wildman–Crippen LogP) is 5.29. The molecule has 0 aliphatic heterocycles. The number of benzene rings is 3. The summed E-state index contributed by atoms with van der Waals surface area (Å²) >= 11 is 0. The van der Waals surface area contributed by atoms with Crippen molar-refractivity contribution < 1.29 is 13.2 Å². The molecule has 1 atom stereocenters. The molecule has 1 amide bonds. The van der Waals surface area contributed by atoms with Gasteiger partial charge in [0.1, 0.15) is 0 Å². The van der Waals surface area contributed by atoms with Crippen molar-refractivity contribution >= 4 is 21.6 Å². The number of hydrogen-bond donors (Lipinski definition) is 2. The van der Waals surface area contributed by atoms with Gasteiger partial charge in [-0.3, -0.25) is 9.52 Å². The summed E-state index contributed by atoms with van der Waals surface area (Å²) in [4.78, 5) is 13.3. The minimum Gasteiger partial charge on any atom is -0.345 e. The van der Waals surface area contributed by atoms with E-state index in [-0.39, 0.29) is 28.1 Å². The minimum atomic E-state index is -3.81. The van der Waals surface area contributed by atoms with Crippen LogP contribution in [0.25, 0.3) is 0 Å². The second-order valence-electron chi connectivity index (χ2n) is 7.76. The quantitative estimate of drug-likeness (QED) is 0.528. The minimum absolute atomic E-state index is 0.148. The highest BCUT2D eigenvalue weighted by molar-refractivity contribution is 7.92. The first kappa shape index (κ1) is 22.6. The molecule has 31 heavy (non-hydrogen) atoms. The van der Waals surface area contributed by atoms with E-state index in [0.29, 0.717) is 6.42 Å². The normalized spacial score (nSPS) is 12.3. The Bertz CT molecular complexity index is 1190. The average Bonchev–Trinajstić information content (AvgIpc) is 2.72. The summed E-state index contributed by atoms with van der Waals surface area (Å²) < 4.78 is 28.2. The number of hydrogen-bond acceptors (Lipinski definition) is 3. The molecule has 0 aliphatic carbocycles. The third-order valence-electron chi connectivity index (χ3n) is 5.26. The van der Waals surface area contributed by atoms with Crippen LogP contribution in [0, 0.1) is 20.8 Å². The molecule has 0 saturated heterocycles. The van der Waals surface area contributed by atoms with Gasteiger partial charge >= 0.3 is 0 Å². The van der Waals surface area contributed by atoms with Gasteiger partial charge in [0.15, 0.2) is 0 Å². The van der Waals surface area contributed by atoms with Gasteiger partial charge in [-0.05, 0) is 62.6 Å².